The van der Waals surface area contributed by atoms with Crippen LogP contribution in [0.4, 0.5) is 17.1 Å². The highest BCUT2D eigenvalue weighted by Gasteiger charge is 2.38. The Balaban J connectivity index is 2.37. The van der Waals surface area contributed by atoms with Gasteiger partial charge < -0.3 is 5.32 Å². The molecule has 17 heavy (non-hydrogen) atoms. The van der Waals surface area contributed by atoms with Gasteiger partial charge in [0, 0.05) is 11.6 Å². The molecule has 1 aliphatic rings. The standard InChI is InChI=1S/C10H11N3O4/c1-10(4-5-10)11-8-3-2-7(12(14)15)6-9(8)13(16)17/h2-3,6,11H,4-5H2,1H3. The summed E-state index contributed by atoms with van der Waals surface area (Å²) in [6.07, 6.45) is 1.89. The molecule has 1 aromatic carbocycles. The van der Waals surface area contributed by atoms with Crippen molar-refractivity contribution in [1.29, 1.82) is 0 Å². The van der Waals surface area contributed by atoms with Crippen LogP contribution in [0.5, 0.6) is 0 Å². The van der Waals surface area contributed by atoms with Crippen LogP contribution in [0.2, 0.25) is 0 Å². The van der Waals surface area contributed by atoms with E-state index in [1.807, 2.05) is 6.92 Å². The van der Waals surface area contributed by atoms with E-state index in [4.69, 9.17) is 0 Å². The molecule has 1 N–H and O–H groups in total. The Bertz CT molecular complexity index is 496. The Labute approximate surface area is 96.7 Å². The van der Waals surface area contributed by atoms with Gasteiger partial charge >= 0.3 is 0 Å². The SMILES string of the molecule is CC1(Nc2ccc([N+](=O)[O-])cc2[N+](=O)[O-])CC1. The average Bonchev–Trinajstić information content (AvgIpc) is 2.96. The molecule has 1 aliphatic carbocycles. The molecule has 0 unspecified atom stereocenters. The number of non-ortho nitro benzene ring substituents is 1. The molecule has 0 aliphatic heterocycles. The predicted octanol–water partition coefficient (Wildman–Crippen LogP) is 2.47. The first kappa shape index (κ1) is 11.3. The first-order chi connectivity index (χ1) is 7.91. The van der Waals surface area contributed by atoms with E-state index in [9.17, 15) is 20.2 Å². The third-order valence-electron chi connectivity index (χ3n) is 2.83. The highest BCUT2D eigenvalue weighted by molar-refractivity contribution is 5.66. The summed E-state index contributed by atoms with van der Waals surface area (Å²) < 4.78 is 0. The van der Waals surface area contributed by atoms with Gasteiger partial charge in [-0.1, -0.05) is 0 Å². The molecule has 0 atom stereocenters. The van der Waals surface area contributed by atoms with Gasteiger partial charge in [0.1, 0.15) is 5.69 Å². The molecule has 0 aromatic heterocycles. The van der Waals surface area contributed by atoms with Crippen molar-refractivity contribution in [1.82, 2.24) is 0 Å². The minimum absolute atomic E-state index is 0.110. The van der Waals surface area contributed by atoms with Crippen molar-refractivity contribution in [2.45, 2.75) is 25.3 Å². The number of nitrogens with zero attached hydrogens (tertiary/aromatic N) is 2. The maximum absolute atomic E-state index is 10.8. The maximum Gasteiger partial charge on any atom is 0.299 e. The van der Waals surface area contributed by atoms with Gasteiger partial charge in [-0.15, -0.1) is 0 Å². The molecule has 1 saturated carbocycles. The number of hydrogen-bond acceptors (Lipinski definition) is 5. The van der Waals surface area contributed by atoms with E-state index >= 15 is 0 Å². The number of nitro benzene ring substituents is 2. The largest absolute Gasteiger partial charge is 0.374 e. The van der Waals surface area contributed by atoms with Crippen LogP contribution in [-0.4, -0.2) is 15.4 Å². The van der Waals surface area contributed by atoms with Gasteiger partial charge in [-0.3, -0.25) is 20.2 Å². The second-order valence-corrected chi connectivity index (χ2v) is 4.40. The molecule has 7 nitrogen and oxygen atoms in total. The summed E-state index contributed by atoms with van der Waals surface area (Å²) in [5, 5.41) is 24.4. The van der Waals surface area contributed by atoms with Crippen LogP contribution in [0.25, 0.3) is 0 Å². The van der Waals surface area contributed by atoms with Gasteiger partial charge in [0.15, 0.2) is 0 Å². The van der Waals surface area contributed by atoms with E-state index < -0.39 is 9.85 Å². The van der Waals surface area contributed by atoms with Crippen LogP contribution >= 0.6 is 0 Å². The number of benzene rings is 1. The highest BCUT2D eigenvalue weighted by atomic mass is 16.6. The smallest absolute Gasteiger partial charge is 0.299 e. The molecule has 0 saturated heterocycles. The molecule has 0 radical (unpaired) electrons. The number of nitrogens with one attached hydrogen (secondary N) is 1. The number of rotatable bonds is 4. The van der Waals surface area contributed by atoms with Crippen molar-refractivity contribution < 1.29 is 9.85 Å². The van der Waals surface area contributed by atoms with Crippen molar-refractivity contribution in [3.63, 3.8) is 0 Å². The Hall–Kier alpha value is -2.18. The number of hydrogen-bond donors (Lipinski definition) is 1. The van der Waals surface area contributed by atoms with Crippen LogP contribution < -0.4 is 5.32 Å². The van der Waals surface area contributed by atoms with Crippen LogP contribution in [0.15, 0.2) is 18.2 Å². The van der Waals surface area contributed by atoms with E-state index in [-0.39, 0.29) is 16.9 Å². The minimum atomic E-state index is -0.643. The van der Waals surface area contributed by atoms with Crippen molar-refractivity contribution >= 4 is 17.1 Å². The van der Waals surface area contributed by atoms with Crippen molar-refractivity contribution in [3.05, 3.63) is 38.4 Å². The summed E-state index contributed by atoms with van der Waals surface area (Å²) in [5.41, 5.74) is -0.308. The van der Waals surface area contributed by atoms with E-state index in [0.717, 1.165) is 18.9 Å². The van der Waals surface area contributed by atoms with Gasteiger partial charge in [-0.05, 0) is 25.8 Å². The molecule has 0 amide bonds. The molecule has 7 heteroatoms. The Morgan fingerprint density at radius 3 is 2.35 bits per heavy atom. The Morgan fingerprint density at radius 2 is 1.88 bits per heavy atom. The second-order valence-electron chi connectivity index (χ2n) is 4.40. The highest BCUT2D eigenvalue weighted by Crippen LogP contribution is 2.41. The lowest BCUT2D eigenvalue weighted by Crippen LogP contribution is -2.16. The van der Waals surface area contributed by atoms with Crippen molar-refractivity contribution in [2.75, 3.05) is 5.32 Å². The third kappa shape index (κ3) is 2.32. The zero-order valence-electron chi connectivity index (χ0n) is 9.17. The zero-order valence-corrected chi connectivity index (χ0v) is 9.17. The summed E-state index contributed by atoms with van der Waals surface area (Å²) in [6, 6.07) is 3.63. The lowest BCUT2D eigenvalue weighted by atomic mass is 10.2. The number of nitro groups is 2. The summed E-state index contributed by atoms with van der Waals surface area (Å²) in [4.78, 5) is 20.1. The van der Waals surface area contributed by atoms with Crippen LogP contribution in [-0.2, 0) is 0 Å². The fourth-order valence-electron chi connectivity index (χ4n) is 1.53. The molecule has 2 rings (SSSR count). The first-order valence-corrected chi connectivity index (χ1v) is 5.12. The molecule has 1 aromatic rings. The van der Waals surface area contributed by atoms with Gasteiger partial charge in [0.05, 0.1) is 15.9 Å². The average molecular weight is 237 g/mol. The summed E-state index contributed by atoms with van der Waals surface area (Å²) >= 11 is 0. The third-order valence-corrected chi connectivity index (χ3v) is 2.83. The molecule has 1 fully saturated rings. The monoisotopic (exact) mass is 237 g/mol. The minimum Gasteiger partial charge on any atom is -0.374 e. The van der Waals surface area contributed by atoms with E-state index in [1.165, 1.54) is 12.1 Å². The predicted molar refractivity (Wildman–Crippen MR) is 61.0 cm³/mol. The topological polar surface area (TPSA) is 98.3 Å². The van der Waals surface area contributed by atoms with Crippen molar-refractivity contribution in [3.8, 4) is 0 Å². The van der Waals surface area contributed by atoms with E-state index in [1.54, 1.807) is 0 Å². The molecule has 0 spiro atoms. The second kappa shape index (κ2) is 3.69. The number of anilines is 1. The van der Waals surface area contributed by atoms with Crippen molar-refractivity contribution in [2.24, 2.45) is 0 Å². The molecule has 90 valence electrons. The van der Waals surface area contributed by atoms with Crippen LogP contribution in [0, 0.1) is 20.2 Å². The summed E-state index contributed by atoms with van der Waals surface area (Å²) in [6.45, 7) is 1.96. The van der Waals surface area contributed by atoms with Gasteiger partial charge in [-0.2, -0.15) is 0 Å². The molecule has 0 bridgehead atoms. The van der Waals surface area contributed by atoms with Gasteiger partial charge in [-0.25, -0.2) is 0 Å². The summed E-state index contributed by atoms with van der Waals surface area (Å²) in [5.74, 6) is 0. The van der Waals surface area contributed by atoms with Gasteiger partial charge in [0.25, 0.3) is 11.4 Å². The first-order valence-electron chi connectivity index (χ1n) is 5.12. The van der Waals surface area contributed by atoms with E-state index in [0.29, 0.717) is 5.69 Å². The van der Waals surface area contributed by atoms with Gasteiger partial charge in [0.2, 0.25) is 0 Å². The maximum atomic E-state index is 10.8. The quantitative estimate of drug-likeness (QED) is 0.640. The Morgan fingerprint density at radius 1 is 1.24 bits per heavy atom. The molecule has 0 heterocycles. The van der Waals surface area contributed by atoms with Crippen LogP contribution in [0.1, 0.15) is 19.8 Å². The lowest BCUT2D eigenvalue weighted by Gasteiger charge is -2.12. The fourth-order valence-corrected chi connectivity index (χ4v) is 1.53. The zero-order chi connectivity index (χ0) is 12.6. The Kier molecular flexibility index (Phi) is 2.45. The lowest BCUT2D eigenvalue weighted by molar-refractivity contribution is -0.393. The molecular weight excluding hydrogens is 226 g/mol. The fraction of sp³-hybridized carbons (Fsp3) is 0.400. The van der Waals surface area contributed by atoms with E-state index in [2.05, 4.69) is 5.32 Å². The van der Waals surface area contributed by atoms with Crippen LogP contribution in [0.3, 0.4) is 0 Å². The summed E-state index contributed by atoms with van der Waals surface area (Å²) in [7, 11) is 0. The molecular formula is C10H11N3O4. The normalized spacial score (nSPS) is 16.3.